The van der Waals surface area contributed by atoms with E-state index < -0.39 is 23.6 Å². The van der Waals surface area contributed by atoms with Crippen LogP contribution in [-0.2, 0) is 16.0 Å². The summed E-state index contributed by atoms with van der Waals surface area (Å²) in [6.45, 7) is 8.77. The highest BCUT2D eigenvalue weighted by molar-refractivity contribution is 5.99. The van der Waals surface area contributed by atoms with E-state index in [4.69, 9.17) is 4.74 Å². The van der Waals surface area contributed by atoms with E-state index in [0.29, 0.717) is 24.0 Å². The zero-order valence-corrected chi connectivity index (χ0v) is 15.4. The third kappa shape index (κ3) is 4.10. The molecule has 0 spiro atoms. The molecule has 1 atom stereocenters. The molecule has 0 radical (unpaired) electrons. The quantitative estimate of drug-likeness (QED) is 0.645. The number of esters is 1. The first-order valence-corrected chi connectivity index (χ1v) is 8.53. The summed E-state index contributed by atoms with van der Waals surface area (Å²) < 4.78 is 5.53. The van der Waals surface area contributed by atoms with E-state index in [0.717, 1.165) is 11.1 Å². The second kappa shape index (κ2) is 7.00. The molecular weight excluding hydrogens is 320 g/mol. The number of hydrogen-bond acceptors (Lipinski definition) is 4. The zero-order chi connectivity index (χ0) is 18.9. The minimum Gasteiger partial charge on any atom is -0.478 e. The van der Waals surface area contributed by atoms with Gasteiger partial charge in [0.15, 0.2) is 0 Å². The SMILES string of the molecule is Cc1ccc(/C=C(\C(=O)O)C(C)C)c2c1CC[C@@H](C(C)(C)O)OC2=O. The Morgan fingerprint density at radius 1 is 1.36 bits per heavy atom. The van der Waals surface area contributed by atoms with Gasteiger partial charge in [0.2, 0.25) is 0 Å². The van der Waals surface area contributed by atoms with Crippen LogP contribution < -0.4 is 0 Å². The van der Waals surface area contributed by atoms with Crippen LogP contribution >= 0.6 is 0 Å². The maximum atomic E-state index is 12.7. The van der Waals surface area contributed by atoms with E-state index in [1.165, 1.54) is 0 Å². The Kier molecular flexibility index (Phi) is 5.37. The lowest BCUT2D eigenvalue weighted by Crippen LogP contribution is -2.39. The molecule has 0 saturated carbocycles. The predicted octanol–water partition coefficient (Wildman–Crippen LogP) is 3.36. The zero-order valence-electron chi connectivity index (χ0n) is 15.4. The van der Waals surface area contributed by atoms with Gasteiger partial charge in [0, 0.05) is 5.57 Å². The van der Waals surface area contributed by atoms with Crippen LogP contribution in [0.1, 0.15) is 61.2 Å². The Morgan fingerprint density at radius 2 is 2.00 bits per heavy atom. The first-order chi connectivity index (χ1) is 11.5. The lowest BCUT2D eigenvalue weighted by molar-refractivity contribution is -0.133. The number of carboxylic acid groups (broad SMARTS) is 1. The van der Waals surface area contributed by atoms with Crippen molar-refractivity contribution in [1.82, 2.24) is 0 Å². The summed E-state index contributed by atoms with van der Waals surface area (Å²) >= 11 is 0. The molecule has 0 aliphatic carbocycles. The molecule has 25 heavy (non-hydrogen) atoms. The molecule has 2 N–H and O–H groups in total. The number of hydrogen-bond donors (Lipinski definition) is 2. The van der Waals surface area contributed by atoms with E-state index >= 15 is 0 Å². The number of ether oxygens (including phenoxy) is 1. The fourth-order valence-corrected chi connectivity index (χ4v) is 3.12. The van der Waals surface area contributed by atoms with E-state index in [1.807, 2.05) is 13.0 Å². The van der Waals surface area contributed by atoms with Crippen LogP contribution in [-0.4, -0.2) is 33.9 Å². The molecule has 5 heteroatoms. The van der Waals surface area contributed by atoms with Gasteiger partial charge in [0.25, 0.3) is 0 Å². The molecule has 0 bridgehead atoms. The smallest absolute Gasteiger partial charge is 0.339 e. The van der Waals surface area contributed by atoms with Crippen LogP contribution in [0.2, 0.25) is 0 Å². The van der Waals surface area contributed by atoms with Crippen LogP contribution in [0, 0.1) is 12.8 Å². The van der Waals surface area contributed by atoms with Crippen molar-refractivity contribution in [2.45, 2.75) is 59.2 Å². The Balaban J connectivity index is 2.58. The molecule has 0 aromatic heterocycles. The number of benzene rings is 1. The number of rotatable bonds is 4. The second-order valence-electron chi connectivity index (χ2n) is 7.47. The molecule has 1 aliphatic heterocycles. The van der Waals surface area contributed by atoms with E-state index in [9.17, 15) is 19.8 Å². The third-order valence-electron chi connectivity index (χ3n) is 4.66. The summed E-state index contributed by atoms with van der Waals surface area (Å²) in [5.74, 6) is -1.69. The monoisotopic (exact) mass is 346 g/mol. The lowest BCUT2D eigenvalue weighted by atomic mass is 9.90. The molecule has 0 saturated heterocycles. The maximum Gasteiger partial charge on any atom is 0.339 e. The largest absolute Gasteiger partial charge is 0.478 e. The molecule has 0 fully saturated rings. The summed E-state index contributed by atoms with van der Waals surface area (Å²) in [5, 5.41) is 19.6. The van der Waals surface area contributed by atoms with Gasteiger partial charge < -0.3 is 14.9 Å². The molecule has 1 aromatic carbocycles. The molecule has 1 aliphatic rings. The normalized spacial score (nSPS) is 18.6. The average Bonchev–Trinajstić information content (AvgIpc) is 2.66. The van der Waals surface area contributed by atoms with Gasteiger partial charge in [-0.25, -0.2) is 9.59 Å². The highest BCUT2D eigenvalue weighted by atomic mass is 16.6. The molecule has 2 rings (SSSR count). The van der Waals surface area contributed by atoms with Crippen molar-refractivity contribution in [3.8, 4) is 0 Å². The Labute approximate surface area is 148 Å². The lowest BCUT2D eigenvalue weighted by Gasteiger charge is -2.27. The van der Waals surface area contributed by atoms with Gasteiger partial charge in [-0.1, -0.05) is 26.0 Å². The van der Waals surface area contributed by atoms with Crippen molar-refractivity contribution in [2.24, 2.45) is 5.92 Å². The molecule has 136 valence electrons. The van der Waals surface area contributed by atoms with Gasteiger partial charge in [0.05, 0.1) is 11.2 Å². The first-order valence-electron chi connectivity index (χ1n) is 8.53. The fourth-order valence-electron chi connectivity index (χ4n) is 3.12. The number of carbonyl (C=O) groups is 2. The van der Waals surface area contributed by atoms with Gasteiger partial charge >= 0.3 is 11.9 Å². The van der Waals surface area contributed by atoms with Crippen molar-refractivity contribution in [3.05, 3.63) is 40.0 Å². The number of carboxylic acids is 1. The van der Waals surface area contributed by atoms with Crippen LogP contribution in [0.25, 0.3) is 6.08 Å². The minimum atomic E-state index is -1.13. The highest BCUT2D eigenvalue weighted by Crippen LogP contribution is 2.31. The number of aliphatic hydroxyl groups is 1. The van der Waals surface area contributed by atoms with Crippen molar-refractivity contribution >= 4 is 18.0 Å². The Bertz CT molecular complexity index is 722. The Hall–Kier alpha value is -2.14. The molecule has 1 heterocycles. The summed E-state index contributed by atoms with van der Waals surface area (Å²) in [6.07, 6.45) is 2.06. The van der Waals surface area contributed by atoms with Crippen LogP contribution in [0.5, 0.6) is 0 Å². The number of aryl methyl sites for hydroxylation is 1. The third-order valence-corrected chi connectivity index (χ3v) is 4.66. The van der Waals surface area contributed by atoms with Gasteiger partial charge in [-0.3, -0.25) is 0 Å². The van der Waals surface area contributed by atoms with Gasteiger partial charge in [-0.15, -0.1) is 0 Å². The topological polar surface area (TPSA) is 83.8 Å². The minimum absolute atomic E-state index is 0.180. The molecule has 1 aromatic rings. The van der Waals surface area contributed by atoms with Gasteiger partial charge in [-0.05, 0) is 62.3 Å². The van der Waals surface area contributed by atoms with E-state index in [1.54, 1.807) is 39.8 Å². The van der Waals surface area contributed by atoms with Crippen molar-refractivity contribution in [3.63, 3.8) is 0 Å². The Morgan fingerprint density at radius 3 is 2.52 bits per heavy atom. The summed E-state index contributed by atoms with van der Waals surface area (Å²) in [6, 6.07) is 3.65. The van der Waals surface area contributed by atoms with Crippen molar-refractivity contribution < 1.29 is 24.5 Å². The summed E-state index contributed by atoms with van der Waals surface area (Å²) in [4.78, 5) is 24.2. The average molecular weight is 346 g/mol. The van der Waals surface area contributed by atoms with Crippen molar-refractivity contribution in [2.75, 3.05) is 0 Å². The van der Waals surface area contributed by atoms with Gasteiger partial charge in [0.1, 0.15) is 6.10 Å². The van der Waals surface area contributed by atoms with Crippen LogP contribution in [0.4, 0.5) is 0 Å². The second-order valence-corrected chi connectivity index (χ2v) is 7.47. The van der Waals surface area contributed by atoms with Gasteiger partial charge in [-0.2, -0.15) is 0 Å². The number of fused-ring (bicyclic) bond motifs is 1. The van der Waals surface area contributed by atoms with Crippen LogP contribution in [0.3, 0.4) is 0 Å². The number of carbonyl (C=O) groups excluding carboxylic acids is 1. The van der Waals surface area contributed by atoms with Crippen molar-refractivity contribution in [1.29, 1.82) is 0 Å². The summed E-state index contributed by atoms with van der Waals surface area (Å²) in [7, 11) is 0. The van der Waals surface area contributed by atoms with E-state index in [-0.39, 0.29) is 11.5 Å². The maximum absolute atomic E-state index is 12.7. The molecule has 5 nitrogen and oxygen atoms in total. The highest BCUT2D eigenvalue weighted by Gasteiger charge is 2.35. The fraction of sp³-hybridized carbons (Fsp3) is 0.500. The van der Waals surface area contributed by atoms with Crippen LogP contribution in [0.15, 0.2) is 17.7 Å². The predicted molar refractivity (Wildman–Crippen MR) is 95.5 cm³/mol. The van der Waals surface area contributed by atoms with E-state index in [2.05, 4.69) is 0 Å². The molecular formula is C20H26O5. The standard InChI is InChI=1S/C20H26O5/c1-11(2)15(18(21)22)10-13-7-6-12(3)14-8-9-16(20(4,5)24)25-19(23)17(13)14/h6-7,10-11,16,24H,8-9H2,1-5H3,(H,21,22)/b15-10-/t16-/m0/s1. The first kappa shape index (κ1) is 19.2. The molecule has 0 unspecified atom stereocenters. The number of aliphatic carboxylic acids is 1. The summed E-state index contributed by atoms with van der Waals surface area (Å²) in [5.41, 5.74) is 1.88. The molecule has 0 amide bonds. The number of cyclic esters (lactones) is 1.